The third-order valence-corrected chi connectivity index (χ3v) is 2.98. The molecule has 1 aliphatic heterocycles. The monoisotopic (exact) mass is 278 g/mol. The lowest BCUT2D eigenvalue weighted by molar-refractivity contribution is 0.102. The Hall–Kier alpha value is -3.29. The number of hydrogen-bond acceptors (Lipinski definition) is 5. The van der Waals surface area contributed by atoms with Gasteiger partial charge in [0, 0.05) is 0 Å². The first-order valence-electron chi connectivity index (χ1n) is 6.04. The molecule has 1 N–H and O–H groups in total. The van der Waals surface area contributed by atoms with Crippen LogP contribution in [0.4, 0.5) is 4.79 Å². The van der Waals surface area contributed by atoms with Crippen molar-refractivity contribution in [2.75, 3.05) is 0 Å². The van der Waals surface area contributed by atoms with Crippen LogP contribution in [0, 0.1) is 0 Å². The average Bonchev–Trinajstić information content (AvgIpc) is 3.07. The third-order valence-electron chi connectivity index (χ3n) is 2.98. The van der Waals surface area contributed by atoms with E-state index in [1.165, 1.54) is 6.20 Å². The van der Waals surface area contributed by atoms with Gasteiger partial charge in [-0.1, -0.05) is 12.1 Å². The van der Waals surface area contributed by atoms with Crippen LogP contribution >= 0.6 is 0 Å². The second-order valence-corrected chi connectivity index (χ2v) is 4.34. The number of aromatic amines is 1. The lowest BCUT2D eigenvalue weighted by Gasteiger charge is -1.93. The quantitative estimate of drug-likeness (QED) is 0.660. The molecule has 100 valence electrons. The molecule has 2 aromatic heterocycles. The molecule has 0 unspecified atom stereocenters. The van der Waals surface area contributed by atoms with Crippen LogP contribution in [0.1, 0.15) is 16.4 Å². The normalized spacial score (nSPS) is 12.9. The van der Waals surface area contributed by atoms with Gasteiger partial charge in [-0.3, -0.25) is 4.79 Å². The largest absolute Gasteiger partial charge is 0.369 e. The molecule has 0 radical (unpaired) electrons. The van der Waals surface area contributed by atoms with Crippen molar-refractivity contribution in [2.24, 2.45) is 9.98 Å². The van der Waals surface area contributed by atoms with Crippen LogP contribution in [0.3, 0.4) is 0 Å². The summed E-state index contributed by atoms with van der Waals surface area (Å²) < 4.78 is 0. The fraction of sp³-hybridized carbons (Fsp3) is 0. The lowest BCUT2D eigenvalue weighted by Crippen LogP contribution is -2.29. The second-order valence-electron chi connectivity index (χ2n) is 4.34. The van der Waals surface area contributed by atoms with E-state index in [2.05, 4.69) is 29.9 Å². The highest BCUT2D eigenvalue weighted by Crippen LogP contribution is 2.11. The van der Waals surface area contributed by atoms with E-state index in [-0.39, 0.29) is 22.5 Å². The van der Waals surface area contributed by atoms with Gasteiger partial charge in [0.25, 0.3) is 5.78 Å². The van der Waals surface area contributed by atoms with Crippen LogP contribution in [0.5, 0.6) is 0 Å². The number of carbonyl (C=O) groups excluding carboxylic acids is 2. The summed E-state index contributed by atoms with van der Waals surface area (Å²) in [7, 11) is 0. The van der Waals surface area contributed by atoms with Gasteiger partial charge >= 0.3 is 6.03 Å². The van der Waals surface area contributed by atoms with Crippen molar-refractivity contribution in [3.05, 3.63) is 53.0 Å². The standard InChI is InChI=1S/C13H6N6O2/c20-9(12-15-6-3-1-2-4-7(6)16-12)11-14-5-8-10(18-11)19-13(21)17-8/h1-5H,(H,15,16). The zero-order valence-electron chi connectivity index (χ0n) is 10.4. The predicted octanol–water partition coefficient (Wildman–Crippen LogP) is -0.0433. The molecule has 3 aromatic rings. The highest BCUT2D eigenvalue weighted by molar-refractivity contribution is 6.05. The molecule has 4 rings (SSSR count). The summed E-state index contributed by atoms with van der Waals surface area (Å²) in [6.07, 6.45) is 1.30. The summed E-state index contributed by atoms with van der Waals surface area (Å²) in [4.78, 5) is 45.5. The van der Waals surface area contributed by atoms with Gasteiger partial charge in [-0.05, 0) is 12.1 Å². The van der Waals surface area contributed by atoms with Crippen LogP contribution in [0.15, 0.2) is 40.4 Å². The maximum absolute atomic E-state index is 12.3. The molecule has 0 saturated carbocycles. The Morgan fingerprint density at radius 1 is 1.10 bits per heavy atom. The van der Waals surface area contributed by atoms with E-state index in [0.717, 1.165) is 5.52 Å². The fourth-order valence-corrected chi connectivity index (χ4v) is 2.02. The molecule has 0 bridgehead atoms. The molecule has 21 heavy (non-hydrogen) atoms. The number of aromatic nitrogens is 4. The van der Waals surface area contributed by atoms with E-state index in [9.17, 15) is 9.59 Å². The predicted molar refractivity (Wildman–Crippen MR) is 69.3 cm³/mol. The number of benzene rings is 1. The highest BCUT2D eigenvalue weighted by atomic mass is 16.2. The van der Waals surface area contributed by atoms with Crippen LogP contribution in [0.2, 0.25) is 0 Å². The van der Waals surface area contributed by atoms with Crippen LogP contribution < -0.4 is 10.8 Å². The van der Waals surface area contributed by atoms with Gasteiger partial charge < -0.3 is 4.98 Å². The van der Waals surface area contributed by atoms with Crippen molar-refractivity contribution >= 4 is 22.8 Å². The number of rotatable bonds is 2. The van der Waals surface area contributed by atoms with Gasteiger partial charge in [0.1, 0.15) is 5.36 Å². The Balaban J connectivity index is 1.82. The number of nitrogens with one attached hydrogen (secondary N) is 1. The summed E-state index contributed by atoms with van der Waals surface area (Å²) in [5, 5.41) is 0.265. The number of urea groups is 1. The van der Waals surface area contributed by atoms with E-state index >= 15 is 0 Å². The van der Waals surface area contributed by atoms with Crippen molar-refractivity contribution in [1.29, 1.82) is 0 Å². The lowest BCUT2D eigenvalue weighted by atomic mass is 10.3. The fourth-order valence-electron chi connectivity index (χ4n) is 2.02. The topological polar surface area (TPSA) is 113 Å². The van der Waals surface area contributed by atoms with Gasteiger partial charge in [0.2, 0.25) is 5.82 Å². The molecule has 0 fully saturated rings. The number of amides is 2. The zero-order chi connectivity index (χ0) is 14.4. The Kier molecular flexibility index (Phi) is 2.25. The summed E-state index contributed by atoms with van der Waals surface area (Å²) in [5.74, 6) is -0.414. The minimum Gasteiger partial charge on any atom is -0.335 e. The van der Waals surface area contributed by atoms with Crippen molar-refractivity contribution in [3.8, 4) is 0 Å². The minimum atomic E-state index is -0.646. The Morgan fingerprint density at radius 3 is 2.81 bits per heavy atom. The maximum atomic E-state index is 12.3. The smallest absolute Gasteiger partial charge is 0.335 e. The van der Waals surface area contributed by atoms with Crippen molar-refractivity contribution < 1.29 is 9.59 Å². The number of H-pyrrole nitrogens is 1. The highest BCUT2D eigenvalue weighted by Gasteiger charge is 2.18. The molecule has 0 spiro atoms. The van der Waals surface area contributed by atoms with E-state index in [4.69, 9.17) is 0 Å². The molecule has 8 nitrogen and oxygen atoms in total. The number of nitrogens with zero attached hydrogens (tertiary/aromatic N) is 5. The molecule has 2 amide bonds. The van der Waals surface area contributed by atoms with Gasteiger partial charge in [-0.2, -0.15) is 9.98 Å². The van der Waals surface area contributed by atoms with Gasteiger partial charge in [0.15, 0.2) is 11.3 Å². The SMILES string of the molecule is O=C1N=c2cnc(C(=O)c3nc4ccccc4[nH]3)nc2=N1. The average molecular weight is 278 g/mol. The van der Waals surface area contributed by atoms with E-state index in [1.807, 2.05) is 18.2 Å². The molecule has 3 heterocycles. The molecule has 0 saturated heterocycles. The number of para-hydroxylation sites is 2. The summed E-state index contributed by atoms with van der Waals surface area (Å²) >= 11 is 0. The number of ketones is 1. The van der Waals surface area contributed by atoms with Crippen LogP contribution in [-0.2, 0) is 0 Å². The summed E-state index contributed by atoms with van der Waals surface area (Å²) in [5.41, 5.74) is 1.53. The van der Waals surface area contributed by atoms with Crippen molar-refractivity contribution in [2.45, 2.75) is 0 Å². The number of carbonyl (C=O) groups is 2. The Morgan fingerprint density at radius 2 is 1.95 bits per heavy atom. The first-order valence-corrected chi connectivity index (χ1v) is 6.04. The van der Waals surface area contributed by atoms with Crippen molar-refractivity contribution in [1.82, 2.24) is 19.9 Å². The number of imidazole rings is 1. The van der Waals surface area contributed by atoms with Crippen LogP contribution in [0.25, 0.3) is 11.0 Å². The first-order chi connectivity index (χ1) is 10.2. The first kappa shape index (κ1) is 11.5. The maximum Gasteiger partial charge on any atom is 0.369 e. The van der Waals surface area contributed by atoms with Crippen molar-refractivity contribution in [3.63, 3.8) is 0 Å². The Bertz CT molecular complexity index is 1000. The van der Waals surface area contributed by atoms with Gasteiger partial charge in [0.05, 0.1) is 17.2 Å². The number of hydrogen-bond donors (Lipinski definition) is 1. The second kappa shape index (κ2) is 4.10. The summed E-state index contributed by atoms with van der Waals surface area (Å²) in [6.45, 7) is 0. The molecule has 0 aliphatic carbocycles. The Labute approximate surface area is 116 Å². The molecule has 1 aliphatic rings. The van der Waals surface area contributed by atoms with Gasteiger partial charge in [-0.15, -0.1) is 0 Å². The third kappa shape index (κ3) is 1.81. The molecular weight excluding hydrogens is 272 g/mol. The molecular formula is C13H6N6O2. The molecule has 8 heteroatoms. The molecule has 1 aromatic carbocycles. The summed E-state index contributed by atoms with van der Waals surface area (Å²) in [6, 6.07) is 6.63. The minimum absolute atomic E-state index is 0.0820. The van der Waals surface area contributed by atoms with Gasteiger partial charge in [-0.25, -0.2) is 19.7 Å². The van der Waals surface area contributed by atoms with E-state index in [1.54, 1.807) is 6.07 Å². The number of fused-ring (bicyclic) bond motifs is 2. The van der Waals surface area contributed by atoms with Crippen LogP contribution in [-0.4, -0.2) is 31.8 Å². The van der Waals surface area contributed by atoms with E-state index in [0.29, 0.717) is 5.52 Å². The van der Waals surface area contributed by atoms with E-state index < -0.39 is 11.8 Å². The zero-order valence-corrected chi connectivity index (χ0v) is 10.4. The molecule has 0 atom stereocenters.